The van der Waals surface area contributed by atoms with Gasteiger partial charge in [0.15, 0.2) is 17.3 Å². The van der Waals surface area contributed by atoms with Gasteiger partial charge in [0.1, 0.15) is 18.2 Å². The molecule has 3 aromatic rings. The fourth-order valence-corrected chi connectivity index (χ4v) is 6.59. The van der Waals surface area contributed by atoms with Gasteiger partial charge in [-0.15, -0.1) is 0 Å². The van der Waals surface area contributed by atoms with E-state index in [-0.39, 0.29) is 39.8 Å². The maximum atomic E-state index is 14.9. The molecule has 1 unspecified atom stereocenters. The summed E-state index contributed by atoms with van der Waals surface area (Å²) in [5.74, 6) is 0.825. The highest BCUT2D eigenvalue weighted by Gasteiger charge is 2.43. The van der Waals surface area contributed by atoms with E-state index in [1.807, 2.05) is 17.0 Å². The predicted molar refractivity (Wildman–Crippen MR) is 164 cm³/mol. The molecule has 2 bridgehead atoms. The Morgan fingerprint density at radius 2 is 1.91 bits per heavy atom. The van der Waals surface area contributed by atoms with Gasteiger partial charge in [-0.2, -0.15) is 0 Å². The van der Waals surface area contributed by atoms with Gasteiger partial charge in [0, 0.05) is 56.0 Å². The van der Waals surface area contributed by atoms with Crippen LogP contribution in [0.1, 0.15) is 32.1 Å². The van der Waals surface area contributed by atoms with Crippen molar-refractivity contribution in [3.8, 4) is 11.5 Å². The second-order valence-corrected chi connectivity index (χ2v) is 11.9. The normalized spacial score (nSPS) is 22.0. The molecular formula is C31H34Cl2FN5O4. The Labute approximate surface area is 259 Å². The van der Waals surface area contributed by atoms with Gasteiger partial charge in [0.2, 0.25) is 5.91 Å². The largest absolute Gasteiger partial charge is 0.490 e. The van der Waals surface area contributed by atoms with Crippen LogP contribution in [0.15, 0.2) is 43.2 Å². The van der Waals surface area contributed by atoms with Gasteiger partial charge in [0.25, 0.3) is 0 Å². The molecule has 1 amide bonds. The molecule has 0 aliphatic carbocycles. The summed E-state index contributed by atoms with van der Waals surface area (Å²) in [5.41, 5.74) is 0.746. The van der Waals surface area contributed by atoms with E-state index < -0.39 is 5.82 Å². The molecule has 0 saturated carbocycles. The first-order chi connectivity index (χ1) is 20.9. The van der Waals surface area contributed by atoms with Crippen LogP contribution in [0.4, 0.5) is 15.9 Å². The Balaban J connectivity index is 1.26. The van der Waals surface area contributed by atoms with E-state index in [4.69, 9.17) is 37.4 Å². The number of carbonyl (C=O) groups excluding carboxylic acids is 1. The van der Waals surface area contributed by atoms with Crippen molar-refractivity contribution in [1.29, 1.82) is 0 Å². The topological polar surface area (TPSA) is 89.0 Å². The number of hydrogen-bond acceptors (Lipinski definition) is 8. The number of ether oxygens (including phenoxy) is 3. The predicted octanol–water partition coefficient (Wildman–Crippen LogP) is 6.01. The molecule has 2 aromatic carbocycles. The lowest BCUT2D eigenvalue weighted by molar-refractivity contribution is -0.131. The lowest BCUT2D eigenvalue weighted by Gasteiger charge is -2.38. The van der Waals surface area contributed by atoms with Gasteiger partial charge in [-0.25, -0.2) is 14.4 Å². The third kappa shape index (κ3) is 6.52. The Morgan fingerprint density at radius 3 is 2.65 bits per heavy atom. The van der Waals surface area contributed by atoms with E-state index >= 15 is 0 Å². The highest BCUT2D eigenvalue weighted by atomic mass is 35.5. The number of amides is 1. The van der Waals surface area contributed by atoms with Crippen molar-refractivity contribution < 1.29 is 23.4 Å². The zero-order chi connectivity index (χ0) is 29.9. The number of anilines is 2. The first-order valence-electron chi connectivity index (χ1n) is 14.6. The molecule has 9 nitrogen and oxygen atoms in total. The summed E-state index contributed by atoms with van der Waals surface area (Å²) in [6.45, 7) is 8.44. The molecule has 3 saturated heterocycles. The first-order valence-corrected chi connectivity index (χ1v) is 15.4. The average Bonchev–Trinajstić information content (AvgIpc) is 3.29. The van der Waals surface area contributed by atoms with E-state index in [0.29, 0.717) is 34.8 Å². The van der Waals surface area contributed by atoms with Crippen LogP contribution in [0.3, 0.4) is 0 Å². The summed E-state index contributed by atoms with van der Waals surface area (Å²) in [6, 6.07) is 6.94. The zero-order valence-corrected chi connectivity index (χ0v) is 25.2. The number of piperidine rings is 1. The van der Waals surface area contributed by atoms with Crippen LogP contribution in [0.25, 0.3) is 10.9 Å². The van der Waals surface area contributed by atoms with E-state index in [9.17, 15) is 9.18 Å². The Kier molecular flexibility index (Phi) is 9.18. The number of halogens is 3. The maximum absolute atomic E-state index is 14.9. The fourth-order valence-electron chi connectivity index (χ4n) is 6.28. The maximum Gasteiger partial charge on any atom is 0.246 e. The molecule has 0 spiro atoms. The minimum atomic E-state index is -0.672. The van der Waals surface area contributed by atoms with E-state index in [0.717, 1.165) is 65.0 Å². The molecular weight excluding hydrogens is 596 g/mol. The quantitative estimate of drug-likeness (QED) is 0.166. The molecule has 3 fully saturated rings. The van der Waals surface area contributed by atoms with E-state index in [1.54, 1.807) is 0 Å². The molecule has 0 radical (unpaired) electrons. The van der Waals surface area contributed by atoms with Gasteiger partial charge in [-0.1, -0.05) is 29.8 Å². The molecule has 3 aliphatic heterocycles. The van der Waals surface area contributed by atoms with Crippen molar-refractivity contribution in [2.24, 2.45) is 0 Å². The summed E-state index contributed by atoms with van der Waals surface area (Å²) in [4.78, 5) is 25.6. The lowest BCUT2D eigenvalue weighted by Crippen LogP contribution is -2.48. The number of nitrogens with one attached hydrogen (secondary N) is 1. The van der Waals surface area contributed by atoms with Crippen LogP contribution in [0.2, 0.25) is 10.0 Å². The Hall–Kier alpha value is -3.18. The molecule has 228 valence electrons. The number of benzene rings is 2. The van der Waals surface area contributed by atoms with Crippen molar-refractivity contribution in [2.75, 3.05) is 44.8 Å². The van der Waals surface area contributed by atoms with Gasteiger partial charge in [-0.3, -0.25) is 9.69 Å². The smallest absolute Gasteiger partial charge is 0.246 e. The molecule has 6 rings (SSSR count). The van der Waals surface area contributed by atoms with Gasteiger partial charge in [0.05, 0.1) is 41.1 Å². The molecule has 43 heavy (non-hydrogen) atoms. The van der Waals surface area contributed by atoms with Crippen molar-refractivity contribution in [3.05, 3.63) is 59.1 Å². The Bertz CT molecular complexity index is 1490. The molecule has 1 N–H and O–H groups in total. The van der Waals surface area contributed by atoms with Crippen LogP contribution >= 0.6 is 23.2 Å². The van der Waals surface area contributed by atoms with Crippen molar-refractivity contribution >= 4 is 51.5 Å². The van der Waals surface area contributed by atoms with Gasteiger partial charge >= 0.3 is 0 Å². The fraction of sp³-hybridized carbons (Fsp3) is 0.452. The second-order valence-electron chi connectivity index (χ2n) is 11.1. The van der Waals surface area contributed by atoms with Crippen LogP contribution < -0.4 is 14.8 Å². The number of nitrogens with zero attached hydrogens (tertiary/aromatic N) is 4. The molecule has 12 heteroatoms. The molecule has 3 atom stereocenters. The van der Waals surface area contributed by atoms with Crippen LogP contribution in [0.5, 0.6) is 11.5 Å². The number of carbonyl (C=O) groups is 1. The SMILES string of the molecule is C=CC(=O)N1[C@@H]2CC[C@H]1CC(Oc1cc3c(Nc4ccc(Cl)c(Cl)c4F)ncnc3cc1OCCCN1CCOCC1)C2. The summed E-state index contributed by atoms with van der Waals surface area (Å²) >= 11 is 12.0. The second kappa shape index (κ2) is 13.2. The van der Waals surface area contributed by atoms with Crippen molar-refractivity contribution in [1.82, 2.24) is 19.8 Å². The minimum absolute atomic E-state index is 0.0247. The summed E-state index contributed by atoms with van der Waals surface area (Å²) in [7, 11) is 0. The zero-order valence-electron chi connectivity index (χ0n) is 23.7. The summed E-state index contributed by atoms with van der Waals surface area (Å²) < 4.78 is 33.3. The number of fused-ring (bicyclic) bond motifs is 3. The number of morpholine rings is 1. The third-order valence-electron chi connectivity index (χ3n) is 8.38. The molecule has 1 aromatic heterocycles. The monoisotopic (exact) mass is 629 g/mol. The van der Waals surface area contributed by atoms with Crippen LogP contribution in [-0.4, -0.2) is 83.3 Å². The van der Waals surface area contributed by atoms with Crippen molar-refractivity contribution in [3.63, 3.8) is 0 Å². The summed E-state index contributed by atoms with van der Waals surface area (Å²) in [6.07, 6.45) is 6.87. The minimum Gasteiger partial charge on any atom is -0.490 e. The first kappa shape index (κ1) is 29.9. The van der Waals surface area contributed by atoms with Gasteiger partial charge in [-0.05, 0) is 43.5 Å². The van der Waals surface area contributed by atoms with Crippen LogP contribution in [0, 0.1) is 5.82 Å². The molecule has 4 heterocycles. The standard InChI is InChI=1S/C31H34Cl2FN5O4/c1-2-28(40)39-19-4-5-20(39)15-21(14-19)43-27-16-22-25(17-26(27)42-11-3-8-38-9-12-41-13-10-38)35-18-36-31(22)37-24-7-6-23(32)29(33)30(24)34/h2,6-7,16-21H,1,3-5,8-15H2,(H,35,36,37)/t19-,20+,21?. The molecule has 3 aliphatic rings. The Morgan fingerprint density at radius 1 is 1.14 bits per heavy atom. The highest BCUT2D eigenvalue weighted by molar-refractivity contribution is 6.42. The number of hydrogen-bond donors (Lipinski definition) is 1. The van der Waals surface area contributed by atoms with Gasteiger partial charge < -0.3 is 24.4 Å². The van der Waals surface area contributed by atoms with E-state index in [1.165, 1.54) is 24.5 Å². The average molecular weight is 631 g/mol. The highest BCUT2D eigenvalue weighted by Crippen LogP contribution is 2.41. The number of rotatable bonds is 10. The summed E-state index contributed by atoms with van der Waals surface area (Å²) in [5, 5.41) is 3.62. The van der Waals surface area contributed by atoms with Crippen molar-refractivity contribution in [2.45, 2.75) is 50.3 Å². The van der Waals surface area contributed by atoms with Crippen LogP contribution in [-0.2, 0) is 9.53 Å². The lowest BCUT2D eigenvalue weighted by atomic mass is 9.99. The van der Waals surface area contributed by atoms with E-state index in [2.05, 4.69) is 26.8 Å². The third-order valence-corrected chi connectivity index (χ3v) is 9.16. The number of aromatic nitrogens is 2.